The summed E-state index contributed by atoms with van der Waals surface area (Å²) in [6, 6.07) is 1.67. The van der Waals surface area contributed by atoms with Crippen LogP contribution in [0, 0.1) is 0 Å². The predicted molar refractivity (Wildman–Crippen MR) is 88.8 cm³/mol. The van der Waals surface area contributed by atoms with Gasteiger partial charge in [0, 0.05) is 30.8 Å². The zero-order valence-corrected chi connectivity index (χ0v) is 15.0. The van der Waals surface area contributed by atoms with Gasteiger partial charge in [-0.15, -0.1) is 0 Å². The van der Waals surface area contributed by atoms with Gasteiger partial charge in [-0.2, -0.15) is 0 Å². The van der Waals surface area contributed by atoms with Crippen molar-refractivity contribution >= 4 is 0 Å². The molecule has 0 radical (unpaired) electrons. The highest BCUT2D eigenvalue weighted by Gasteiger charge is 2.38. The van der Waals surface area contributed by atoms with Crippen molar-refractivity contribution in [1.29, 1.82) is 0 Å². The van der Waals surface area contributed by atoms with Crippen LogP contribution in [0.3, 0.4) is 0 Å². The molecule has 2 N–H and O–H groups in total. The summed E-state index contributed by atoms with van der Waals surface area (Å²) in [7, 11) is 0. The maximum absolute atomic E-state index is 6.18. The molecule has 4 unspecified atom stereocenters. The van der Waals surface area contributed by atoms with Gasteiger partial charge in [0.1, 0.15) is 0 Å². The molecule has 0 aromatic rings. The van der Waals surface area contributed by atoms with Crippen LogP contribution in [0.5, 0.6) is 0 Å². The average molecular weight is 300 g/mol. The van der Waals surface area contributed by atoms with Gasteiger partial charge in [0.2, 0.25) is 0 Å². The summed E-state index contributed by atoms with van der Waals surface area (Å²) in [4.78, 5) is 0. The van der Waals surface area contributed by atoms with Gasteiger partial charge in [0.05, 0.1) is 18.3 Å². The van der Waals surface area contributed by atoms with Gasteiger partial charge in [0.25, 0.3) is 0 Å². The van der Waals surface area contributed by atoms with Crippen molar-refractivity contribution in [2.45, 2.75) is 104 Å². The van der Waals surface area contributed by atoms with Crippen LogP contribution in [-0.2, 0) is 9.47 Å². The number of rotatable bonds is 8. The Labute approximate surface area is 131 Å². The zero-order chi connectivity index (χ0) is 16.0. The Morgan fingerprint density at radius 2 is 1.33 bits per heavy atom. The van der Waals surface area contributed by atoms with Crippen LogP contribution < -0.4 is 10.6 Å². The quantitative estimate of drug-likeness (QED) is 0.723. The number of nitrogens with one attached hydrogen (secondary N) is 2. The third kappa shape index (κ3) is 6.64. The van der Waals surface area contributed by atoms with E-state index in [4.69, 9.17) is 9.47 Å². The first-order valence-electron chi connectivity index (χ1n) is 8.62. The van der Waals surface area contributed by atoms with Crippen molar-refractivity contribution in [1.82, 2.24) is 10.6 Å². The van der Waals surface area contributed by atoms with Gasteiger partial charge in [-0.1, -0.05) is 27.7 Å². The topological polar surface area (TPSA) is 42.5 Å². The molecule has 1 aliphatic carbocycles. The zero-order valence-electron chi connectivity index (χ0n) is 15.0. The lowest BCUT2D eigenvalue weighted by molar-refractivity contribution is -0.0838. The highest BCUT2D eigenvalue weighted by atomic mass is 16.5. The highest BCUT2D eigenvalue weighted by molar-refractivity contribution is 4.96. The van der Waals surface area contributed by atoms with E-state index in [2.05, 4.69) is 59.1 Å². The Balaban J connectivity index is 2.78. The molecule has 0 aliphatic heterocycles. The standard InChI is InChI=1S/C17H36N2O2/c1-8-20-16-9-15(19-12(4)5)17(21-13(6)7)10-14(16)18-11(2)3/h11-19H,8-10H2,1-7H3. The second kappa shape index (κ2) is 9.09. The third-order valence-corrected chi connectivity index (χ3v) is 3.79. The Hall–Kier alpha value is -0.160. The van der Waals surface area contributed by atoms with E-state index in [1.54, 1.807) is 0 Å². The molecule has 4 atom stereocenters. The molecule has 126 valence electrons. The van der Waals surface area contributed by atoms with E-state index in [9.17, 15) is 0 Å². The summed E-state index contributed by atoms with van der Waals surface area (Å²) >= 11 is 0. The fourth-order valence-electron chi connectivity index (χ4n) is 3.24. The molecule has 0 amide bonds. The molecule has 1 saturated carbocycles. The van der Waals surface area contributed by atoms with Crippen LogP contribution in [0.15, 0.2) is 0 Å². The van der Waals surface area contributed by atoms with E-state index in [0.29, 0.717) is 24.2 Å². The maximum Gasteiger partial charge on any atom is 0.0748 e. The Kier molecular flexibility index (Phi) is 8.17. The van der Waals surface area contributed by atoms with Crippen molar-refractivity contribution in [3.05, 3.63) is 0 Å². The fraction of sp³-hybridized carbons (Fsp3) is 1.00. The lowest BCUT2D eigenvalue weighted by Crippen LogP contribution is -2.59. The monoisotopic (exact) mass is 300 g/mol. The molecule has 0 saturated heterocycles. The van der Waals surface area contributed by atoms with E-state index in [0.717, 1.165) is 19.4 Å². The summed E-state index contributed by atoms with van der Waals surface area (Å²) in [5, 5.41) is 7.33. The molecule has 0 aromatic carbocycles. The number of hydrogen-bond acceptors (Lipinski definition) is 4. The van der Waals surface area contributed by atoms with Gasteiger partial charge in [-0.05, 0) is 33.6 Å². The van der Waals surface area contributed by atoms with Crippen LogP contribution in [-0.4, -0.2) is 49.1 Å². The van der Waals surface area contributed by atoms with Gasteiger partial charge >= 0.3 is 0 Å². The molecule has 1 rings (SSSR count). The van der Waals surface area contributed by atoms with Crippen molar-refractivity contribution in [2.24, 2.45) is 0 Å². The Morgan fingerprint density at radius 3 is 1.76 bits per heavy atom. The van der Waals surface area contributed by atoms with Gasteiger partial charge in [0.15, 0.2) is 0 Å². The van der Waals surface area contributed by atoms with Crippen LogP contribution in [0.2, 0.25) is 0 Å². The van der Waals surface area contributed by atoms with Crippen LogP contribution in [0.25, 0.3) is 0 Å². The largest absolute Gasteiger partial charge is 0.377 e. The lowest BCUT2D eigenvalue weighted by Gasteiger charge is -2.43. The summed E-state index contributed by atoms with van der Waals surface area (Å²) in [6.07, 6.45) is 2.79. The lowest BCUT2D eigenvalue weighted by atomic mass is 9.85. The molecular weight excluding hydrogens is 264 g/mol. The minimum atomic E-state index is 0.250. The van der Waals surface area contributed by atoms with Crippen LogP contribution in [0.1, 0.15) is 61.3 Å². The minimum absolute atomic E-state index is 0.250. The minimum Gasteiger partial charge on any atom is -0.377 e. The highest BCUT2D eigenvalue weighted by Crippen LogP contribution is 2.26. The van der Waals surface area contributed by atoms with Gasteiger partial charge in [-0.3, -0.25) is 0 Å². The SMILES string of the molecule is CCOC1CC(NC(C)C)C(OC(C)C)CC1NC(C)C. The molecule has 21 heavy (non-hydrogen) atoms. The molecule has 1 fully saturated rings. The molecule has 4 heteroatoms. The van der Waals surface area contributed by atoms with Crippen molar-refractivity contribution in [2.75, 3.05) is 6.61 Å². The average Bonchev–Trinajstić information content (AvgIpc) is 2.32. The van der Waals surface area contributed by atoms with E-state index in [-0.39, 0.29) is 18.3 Å². The molecule has 1 aliphatic rings. The van der Waals surface area contributed by atoms with Crippen LogP contribution in [0.4, 0.5) is 0 Å². The Morgan fingerprint density at radius 1 is 0.857 bits per heavy atom. The van der Waals surface area contributed by atoms with Crippen molar-refractivity contribution in [3.63, 3.8) is 0 Å². The number of hydrogen-bond donors (Lipinski definition) is 2. The molecular formula is C17H36N2O2. The predicted octanol–water partition coefficient (Wildman–Crippen LogP) is 2.71. The molecule has 0 heterocycles. The van der Waals surface area contributed by atoms with E-state index >= 15 is 0 Å². The summed E-state index contributed by atoms with van der Waals surface area (Å²) in [6.45, 7) is 15.9. The molecule has 0 aromatic heterocycles. The second-order valence-corrected chi connectivity index (χ2v) is 7.04. The van der Waals surface area contributed by atoms with E-state index in [1.165, 1.54) is 0 Å². The smallest absolute Gasteiger partial charge is 0.0748 e. The normalized spacial score (nSPS) is 30.6. The molecule has 0 spiro atoms. The first-order valence-corrected chi connectivity index (χ1v) is 8.62. The van der Waals surface area contributed by atoms with Crippen molar-refractivity contribution < 1.29 is 9.47 Å². The first-order chi connectivity index (χ1) is 9.83. The summed E-state index contributed by atoms with van der Waals surface area (Å²) in [5.41, 5.74) is 0. The second-order valence-electron chi connectivity index (χ2n) is 7.04. The fourth-order valence-corrected chi connectivity index (χ4v) is 3.24. The van der Waals surface area contributed by atoms with Crippen LogP contribution >= 0.6 is 0 Å². The van der Waals surface area contributed by atoms with Crippen molar-refractivity contribution in [3.8, 4) is 0 Å². The van der Waals surface area contributed by atoms with E-state index in [1.807, 2.05) is 0 Å². The van der Waals surface area contributed by atoms with E-state index < -0.39 is 0 Å². The summed E-state index contributed by atoms with van der Waals surface area (Å²) in [5.74, 6) is 0. The third-order valence-electron chi connectivity index (χ3n) is 3.79. The Bertz CT molecular complexity index is 282. The van der Waals surface area contributed by atoms with Gasteiger partial charge < -0.3 is 20.1 Å². The molecule has 0 bridgehead atoms. The van der Waals surface area contributed by atoms with Gasteiger partial charge in [-0.25, -0.2) is 0 Å². The number of ether oxygens (including phenoxy) is 2. The summed E-state index contributed by atoms with van der Waals surface area (Å²) < 4.78 is 12.2. The first kappa shape index (κ1) is 18.9. The molecule has 4 nitrogen and oxygen atoms in total. The maximum atomic E-state index is 6.18.